The van der Waals surface area contributed by atoms with Crippen LogP contribution in [0.4, 0.5) is 0 Å². The van der Waals surface area contributed by atoms with Crippen LogP contribution in [0.1, 0.15) is 35.7 Å². The summed E-state index contributed by atoms with van der Waals surface area (Å²) >= 11 is 0. The predicted molar refractivity (Wildman–Crippen MR) is 95.6 cm³/mol. The molecule has 1 aliphatic rings. The largest absolute Gasteiger partial charge is 0.496 e. The van der Waals surface area contributed by atoms with Crippen molar-refractivity contribution in [2.24, 2.45) is 5.92 Å². The third kappa shape index (κ3) is 4.50. The highest BCUT2D eigenvalue weighted by molar-refractivity contribution is 5.94. The van der Waals surface area contributed by atoms with Gasteiger partial charge < -0.3 is 19.3 Å². The third-order valence-corrected chi connectivity index (χ3v) is 4.43. The van der Waals surface area contributed by atoms with Gasteiger partial charge in [-0.05, 0) is 30.4 Å². The number of carbonyl (C=O) groups is 1. The van der Waals surface area contributed by atoms with Gasteiger partial charge in [0.2, 0.25) is 0 Å². The van der Waals surface area contributed by atoms with Gasteiger partial charge >= 0.3 is 5.97 Å². The zero-order chi connectivity index (χ0) is 18.4. The lowest BCUT2D eigenvalue weighted by Gasteiger charge is -2.17. The highest BCUT2D eigenvalue weighted by Crippen LogP contribution is 2.31. The summed E-state index contributed by atoms with van der Waals surface area (Å²) in [6.45, 7) is 9.45. The summed E-state index contributed by atoms with van der Waals surface area (Å²) in [6, 6.07) is 5.35. The van der Waals surface area contributed by atoms with E-state index in [1.54, 1.807) is 12.1 Å². The van der Waals surface area contributed by atoms with Crippen LogP contribution in [0.3, 0.4) is 0 Å². The van der Waals surface area contributed by atoms with Gasteiger partial charge in [-0.15, -0.1) is 13.2 Å². The molecule has 5 heteroatoms. The molecule has 0 spiro atoms. The Kier molecular flexibility index (Phi) is 6.79. The van der Waals surface area contributed by atoms with E-state index in [1.807, 2.05) is 25.1 Å². The zero-order valence-electron chi connectivity index (χ0n) is 14.8. The molecule has 0 amide bonds. The lowest BCUT2D eigenvalue weighted by Crippen LogP contribution is -2.27. The smallest absolute Gasteiger partial charge is 0.342 e. The van der Waals surface area contributed by atoms with Gasteiger partial charge in [0.05, 0.1) is 13.2 Å². The summed E-state index contributed by atoms with van der Waals surface area (Å²) in [4.78, 5) is 12.7. The van der Waals surface area contributed by atoms with Crippen LogP contribution in [0.2, 0.25) is 0 Å². The van der Waals surface area contributed by atoms with Gasteiger partial charge in [-0.25, -0.2) is 4.79 Å². The van der Waals surface area contributed by atoms with Crippen LogP contribution in [0.5, 0.6) is 5.75 Å². The first-order valence-electron chi connectivity index (χ1n) is 8.44. The van der Waals surface area contributed by atoms with E-state index in [2.05, 4.69) is 13.2 Å². The van der Waals surface area contributed by atoms with Crippen molar-refractivity contribution in [3.63, 3.8) is 0 Å². The number of esters is 1. The maximum atomic E-state index is 12.7. The number of rotatable bonds is 8. The number of aliphatic hydroxyl groups is 1. The molecule has 0 unspecified atom stereocenters. The molecule has 25 heavy (non-hydrogen) atoms. The number of methoxy groups -OCH3 is 1. The summed E-state index contributed by atoms with van der Waals surface area (Å²) in [5, 5.41) is 10.1. The molecule has 1 fully saturated rings. The van der Waals surface area contributed by atoms with Gasteiger partial charge in [0.1, 0.15) is 11.3 Å². The maximum Gasteiger partial charge on any atom is 0.342 e. The van der Waals surface area contributed by atoms with Crippen LogP contribution in [-0.2, 0) is 15.9 Å². The highest BCUT2D eigenvalue weighted by Gasteiger charge is 2.39. The second-order valence-electron chi connectivity index (χ2n) is 6.23. The molecule has 1 saturated heterocycles. The van der Waals surface area contributed by atoms with Gasteiger partial charge in [-0.1, -0.05) is 31.2 Å². The van der Waals surface area contributed by atoms with Gasteiger partial charge in [-0.3, -0.25) is 0 Å². The van der Waals surface area contributed by atoms with Gasteiger partial charge in [0.25, 0.3) is 0 Å². The van der Waals surface area contributed by atoms with Gasteiger partial charge in [0.15, 0.2) is 12.4 Å². The first kappa shape index (κ1) is 19.2. The van der Waals surface area contributed by atoms with E-state index >= 15 is 0 Å². The lowest BCUT2D eigenvalue weighted by molar-refractivity contribution is -0.136. The molecule has 4 atom stereocenters. The second-order valence-corrected chi connectivity index (χ2v) is 6.23. The van der Waals surface area contributed by atoms with Crippen LogP contribution in [0, 0.1) is 5.92 Å². The predicted octanol–water partition coefficient (Wildman–Crippen LogP) is 3.27. The number of ether oxygens (including phenoxy) is 3. The quantitative estimate of drug-likeness (QED) is 0.578. The van der Waals surface area contributed by atoms with E-state index in [0.29, 0.717) is 24.2 Å². The number of hydrogen-bond acceptors (Lipinski definition) is 5. The molecular weight excluding hydrogens is 320 g/mol. The topological polar surface area (TPSA) is 65.0 Å². The van der Waals surface area contributed by atoms with Crippen molar-refractivity contribution in [3.05, 3.63) is 54.6 Å². The van der Waals surface area contributed by atoms with E-state index in [1.165, 1.54) is 7.11 Å². The van der Waals surface area contributed by atoms with E-state index in [0.717, 1.165) is 12.0 Å². The van der Waals surface area contributed by atoms with Crippen molar-refractivity contribution >= 4 is 5.97 Å². The number of allylic oxidation sites excluding steroid dienone is 2. The molecule has 1 aromatic carbocycles. The molecule has 1 aromatic rings. The molecule has 1 aliphatic heterocycles. The number of aliphatic hydroxyl groups excluding tert-OH is 1. The average molecular weight is 346 g/mol. The molecular formula is C20H26O5. The second kappa shape index (κ2) is 8.83. The Bertz CT molecular complexity index is 625. The molecule has 0 aromatic heterocycles. The monoisotopic (exact) mass is 346 g/mol. The summed E-state index contributed by atoms with van der Waals surface area (Å²) in [7, 11) is 1.50. The minimum atomic E-state index is -1.13. The number of benzene rings is 1. The fraction of sp³-hybridized carbons (Fsp3) is 0.450. The Hall–Kier alpha value is -2.11. The molecule has 2 rings (SSSR count). The minimum Gasteiger partial charge on any atom is -0.496 e. The molecule has 0 aliphatic carbocycles. The van der Waals surface area contributed by atoms with E-state index in [9.17, 15) is 9.90 Å². The SMILES string of the molecule is C=CCc1cccc(OC)c1C(=O)O[C@H]1C[C@@H]([C@H](C)CC=C)O[C@H]1O. The Labute approximate surface area is 148 Å². The standard InChI is InChI=1S/C20H26O5/c1-5-8-13(3)16-12-17(19(21)24-16)25-20(22)18-14(9-6-2)10-7-11-15(18)23-4/h5-7,10-11,13,16-17,19,21H,1-2,8-9,12H2,3-4H3/t13-,16+,17+,19-/m1/s1. The third-order valence-electron chi connectivity index (χ3n) is 4.43. The lowest BCUT2D eigenvalue weighted by atomic mass is 9.98. The fourth-order valence-corrected chi connectivity index (χ4v) is 3.06. The number of hydrogen-bond donors (Lipinski definition) is 1. The summed E-state index contributed by atoms with van der Waals surface area (Å²) in [6.07, 6.45) is 3.27. The Morgan fingerprint density at radius 1 is 1.44 bits per heavy atom. The molecule has 136 valence electrons. The van der Waals surface area contributed by atoms with Crippen LogP contribution in [0.25, 0.3) is 0 Å². The minimum absolute atomic E-state index is 0.170. The molecule has 1 heterocycles. The first-order valence-corrected chi connectivity index (χ1v) is 8.44. The summed E-state index contributed by atoms with van der Waals surface area (Å²) in [5.74, 6) is 0.103. The van der Waals surface area contributed by atoms with Crippen molar-refractivity contribution in [1.29, 1.82) is 0 Å². The van der Waals surface area contributed by atoms with Crippen LogP contribution < -0.4 is 4.74 Å². The van der Waals surface area contributed by atoms with Crippen molar-refractivity contribution < 1.29 is 24.1 Å². The fourth-order valence-electron chi connectivity index (χ4n) is 3.06. The van der Waals surface area contributed by atoms with Crippen molar-refractivity contribution in [2.75, 3.05) is 7.11 Å². The zero-order valence-corrected chi connectivity index (χ0v) is 14.8. The Morgan fingerprint density at radius 3 is 2.84 bits per heavy atom. The normalized spacial score (nSPS) is 23.7. The van der Waals surface area contributed by atoms with Crippen LogP contribution >= 0.6 is 0 Å². The average Bonchev–Trinajstić information content (AvgIpc) is 2.96. The summed E-state index contributed by atoms with van der Waals surface area (Å²) in [5.41, 5.74) is 1.13. The number of carbonyl (C=O) groups excluding carboxylic acids is 1. The van der Waals surface area contributed by atoms with E-state index in [-0.39, 0.29) is 12.0 Å². The maximum absolute atomic E-state index is 12.7. The molecule has 1 N–H and O–H groups in total. The highest BCUT2D eigenvalue weighted by atomic mass is 16.7. The van der Waals surface area contributed by atoms with E-state index < -0.39 is 18.4 Å². The van der Waals surface area contributed by atoms with Crippen LogP contribution in [-0.4, -0.2) is 36.7 Å². The van der Waals surface area contributed by atoms with Gasteiger partial charge in [-0.2, -0.15) is 0 Å². The first-order chi connectivity index (χ1) is 12.0. The van der Waals surface area contributed by atoms with Crippen molar-refractivity contribution in [3.8, 4) is 5.75 Å². The van der Waals surface area contributed by atoms with Crippen molar-refractivity contribution in [2.45, 2.75) is 44.7 Å². The van der Waals surface area contributed by atoms with Crippen LogP contribution in [0.15, 0.2) is 43.5 Å². The summed E-state index contributed by atoms with van der Waals surface area (Å²) < 4.78 is 16.4. The molecule has 0 radical (unpaired) electrons. The molecule has 0 bridgehead atoms. The van der Waals surface area contributed by atoms with E-state index in [4.69, 9.17) is 14.2 Å². The Morgan fingerprint density at radius 2 is 2.20 bits per heavy atom. The van der Waals surface area contributed by atoms with Gasteiger partial charge in [0, 0.05) is 6.42 Å². The van der Waals surface area contributed by atoms with Crippen molar-refractivity contribution in [1.82, 2.24) is 0 Å². The molecule has 5 nitrogen and oxygen atoms in total. The molecule has 0 saturated carbocycles. The Balaban J connectivity index is 2.14.